The van der Waals surface area contributed by atoms with Crippen molar-refractivity contribution in [3.05, 3.63) is 18.1 Å². The Morgan fingerprint density at radius 2 is 2.12 bits per heavy atom. The van der Waals surface area contributed by atoms with E-state index in [1.165, 1.54) is 0 Å². The predicted molar refractivity (Wildman–Crippen MR) is 67.8 cm³/mol. The molecule has 5 N–H and O–H groups in total. The Morgan fingerprint density at radius 1 is 1.38 bits per heavy atom. The van der Waals surface area contributed by atoms with Crippen LogP contribution in [0, 0.1) is 0 Å². The van der Waals surface area contributed by atoms with Crippen LogP contribution < -0.4 is 21.7 Å². The quantitative estimate of drug-likeness (QED) is 0.397. The molecule has 0 fully saturated rings. The Hall–Kier alpha value is -1.47. The van der Waals surface area contributed by atoms with Crippen LogP contribution in [0.25, 0.3) is 0 Å². The van der Waals surface area contributed by atoms with Gasteiger partial charge >= 0.3 is 0 Å². The van der Waals surface area contributed by atoms with Crippen LogP contribution >= 0.6 is 12.2 Å². The second kappa shape index (κ2) is 6.91. The van der Waals surface area contributed by atoms with Gasteiger partial charge < -0.3 is 21.7 Å². The first kappa shape index (κ1) is 12.6. The molecule has 0 aliphatic carbocycles. The van der Waals surface area contributed by atoms with E-state index in [9.17, 15) is 0 Å². The molecule has 1 heterocycles. The minimum Gasteiger partial charge on any atom is -0.382 e. The third-order valence-electron chi connectivity index (χ3n) is 1.91. The van der Waals surface area contributed by atoms with Gasteiger partial charge in [-0.2, -0.15) is 0 Å². The van der Waals surface area contributed by atoms with E-state index in [2.05, 4.69) is 25.9 Å². The summed E-state index contributed by atoms with van der Waals surface area (Å²) in [7, 11) is 1.78. The maximum atomic E-state index is 5.65. The van der Waals surface area contributed by atoms with Gasteiger partial charge in [0.1, 0.15) is 5.82 Å². The first-order valence-electron chi connectivity index (χ1n) is 4.95. The van der Waals surface area contributed by atoms with Crippen LogP contribution in [0.15, 0.2) is 12.4 Å². The smallest absolute Gasteiger partial charge is 0.166 e. The number of anilines is 1. The van der Waals surface area contributed by atoms with Gasteiger partial charge in [-0.3, -0.25) is 4.98 Å². The van der Waals surface area contributed by atoms with Crippen LogP contribution in [0.2, 0.25) is 0 Å². The summed E-state index contributed by atoms with van der Waals surface area (Å²) in [5.41, 5.74) is 6.41. The van der Waals surface area contributed by atoms with Gasteiger partial charge in [-0.25, -0.2) is 4.98 Å². The minimum absolute atomic E-state index is 0.466. The molecule has 1 rings (SSSR count). The topological polar surface area (TPSA) is 87.9 Å². The van der Waals surface area contributed by atoms with Gasteiger partial charge in [0.05, 0.1) is 5.69 Å². The number of hydrogen-bond acceptors (Lipinski definition) is 5. The lowest BCUT2D eigenvalue weighted by Gasteiger charge is -2.08. The summed E-state index contributed by atoms with van der Waals surface area (Å²) in [6, 6.07) is 0. The number of thiocarbonyl (C=S) groups is 1. The Morgan fingerprint density at radius 3 is 2.81 bits per heavy atom. The summed E-state index contributed by atoms with van der Waals surface area (Å²) >= 11 is 4.93. The molecule has 1 aromatic heterocycles. The van der Waals surface area contributed by atoms with Gasteiger partial charge in [0.25, 0.3) is 0 Å². The molecule has 88 valence electrons. The fourth-order valence-corrected chi connectivity index (χ4v) is 1.18. The number of aromatic nitrogens is 2. The van der Waals surface area contributed by atoms with Gasteiger partial charge in [-0.15, -0.1) is 0 Å². The highest BCUT2D eigenvalue weighted by Crippen LogP contribution is 2.00. The molecule has 0 aliphatic rings. The average Bonchev–Trinajstić information content (AvgIpc) is 2.30. The molecule has 16 heavy (non-hydrogen) atoms. The number of nitrogen functional groups attached to an aromatic ring is 1. The van der Waals surface area contributed by atoms with Crippen molar-refractivity contribution in [2.24, 2.45) is 0 Å². The van der Waals surface area contributed by atoms with Crippen LogP contribution in [0.5, 0.6) is 0 Å². The molecule has 7 heteroatoms. The minimum atomic E-state index is 0.466. The molecule has 0 atom stereocenters. The normalized spacial score (nSPS) is 9.81. The highest BCUT2D eigenvalue weighted by Gasteiger charge is 1.99. The number of hydrogen-bond donors (Lipinski definition) is 4. The Kier molecular flexibility index (Phi) is 5.44. The van der Waals surface area contributed by atoms with Crippen LogP contribution in [-0.4, -0.2) is 35.2 Å². The molecule has 6 nitrogen and oxygen atoms in total. The summed E-state index contributed by atoms with van der Waals surface area (Å²) in [6.07, 6.45) is 3.20. The molecular formula is C9H16N6S. The zero-order valence-electron chi connectivity index (χ0n) is 9.16. The molecule has 0 saturated carbocycles. The standard InChI is InChI=1S/C9H16N6S/c1-11-9(16)15-3-2-12-6-7-8(10)14-5-4-13-7/h4-5,12H,2-3,6H2,1H3,(H2,10,14)(H2,11,15,16). The van der Waals surface area contributed by atoms with E-state index >= 15 is 0 Å². The molecule has 0 aromatic carbocycles. The van der Waals surface area contributed by atoms with Crippen LogP contribution in [0.3, 0.4) is 0 Å². The van der Waals surface area contributed by atoms with E-state index in [-0.39, 0.29) is 0 Å². The first-order valence-corrected chi connectivity index (χ1v) is 5.36. The largest absolute Gasteiger partial charge is 0.382 e. The number of nitrogens with one attached hydrogen (secondary N) is 3. The van der Waals surface area contributed by atoms with E-state index in [1.807, 2.05) is 0 Å². The second-order valence-corrected chi connectivity index (χ2v) is 3.48. The van der Waals surface area contributed by atoms with Crippen molar-refractivity contribution >= 4 is 23.1 Å². The van der Waals surface area contributed by atoms with E-state index < -0.39 is 0 Å². The summed E-state index contributed by atoms with van der Waals surface area (Å²) in [4.78, 5) is 8.07. The lowest BCUT2D eigenvalue weighted by molar-refractivity contribution is 0.660. The molecular weight excluding hydrogens is 224 g/mol. The Bertz CT molecular complexity index is 343. The van der Waals surface area contributed by atoms with Crippen molar-refractivity contribution in [2.45, 2.75) is 6.54 Å². The Balaban J connectivity index is 2.17. The second-order valence-electron chi connectivity index (χ2n) is 3.07. The molecule has 1 aromatic rings. The highest BCUT2D eigenvalue weighted by molar-refractivity contribution is 7.80. The molecule has 0 bridgehead atoms. The molecule has 0 unspecified atom stereocenters. The van der Waals surface area contributed by atoms with Crippen LogP contribution in [0.1, 0.15) is 5.69 Å². The van der Waals surface area contributed by atoms with E-state index in [0.717, 1.165) is 18.8 Å². The van der Waals surface area contributed by atoms with Crippen molar-refractivity contribution < 1.29 is 0 Å². The zero-order chi connectivity index (χ0) is 11.8. The molecule has 0 radical (unpaired) electrons. The molecule has 0 aliphatic heterocycles. The van der Waals surface area contributed by atoms with Crippen molar-refractivity contribution in [3.63, 3.8) is 0 Å². The van der Waals surface area contributed by atoms with Gasteiger partial charge in [0.2, 0.25) is 0 Å². The predicted octanol–water partition coefficient (Wildman–Crippen LogP) is -0.758. The molecule has 0 spiro atoms. The van der Waals surface area contributed by atoms with E-state index in [4.69, 9.17) is 18.0 Å². The highest BCUT2D eigenvalue weighted by atomic mass is 32.1. The van der Waals surface area contributed by atoms with Gasteiger partial charge in [-0.1, -0.05) is 0 Å². The molecule has 0 amide bonds. The van der Waals surface area contributed by atoms with Gasteiger partial charge in [-0.05, 0) is 12.2 Å². The fourth-order valence-electron chi connectivity index (χ4n) is 1.07. The van der Waals surface area contributed by atoms with Crippen molar-refractivity contribution in [3.8, 4) is 0 Å². The summed E-state index contributed by atoms with van der Waals surface area (Å²) in [5, 5.41) is 9.69. The maximum absolute atomic E-state index is 5.65. The SMILES string of the molecule is CNC(=S)NCCNCc1nccnc1N. The van der Waals surface area contributed by atoms with Gasteiger partial charge in [0, 0.05) is 39.1 Å². The number of nitrogens with two attached hydrogens (primary N) is 1. The third kappa shape index (κ3) is 4.37. The monoisotopic (exact) mass is 240 g/mol. The van der Waals surface area contributed by atoms with E-state index in [1.54, 1.807) is 19.4 Å². The lowest BCUT2D eigenvalue weighted by atomic mass is 10.4. The Labute approximate surface area is 100 Å². The van der Waals surface area contributed by atoms with Crippen LogP contribution in [-0.2, 0) is 6.54 Å². The van der Waals surface area contributed by atoms with Crippen LogP contribution in [0.4, 0.5) is 5.82 Å². The average molecular weight is 240 g/mol. The van der Waals surface area contributed by atoms with E-state index in [0.29, 0.717) is 17.5 Å². The van der Waals surface area contributed by atoms with Gasteiger partial charge in [0.15, 0.2) is 5.11 Å². The summed E-state index contributed by atoms with van der Waals surface area (Å²) < 4.78 is 0. The third-order valence-corrected chi connectivity index (χ3v) is 2.26. The lowest BCUT2D eigenvalue weighted by Crippen LogP contribution is -2.37. The maximum Gasteiger partial charge on any atom is 0.166 e. The number of nitrogens with zero attached hydrogens (tertiary/aromatic N) is 2. The number of rotatable bonds is 5. The molecule has 0 saturated heterocycles. The zero-order valence-corrected chi connectivity index (χ0v) is 9.97. The fraction of sp³-hybridized carbons (Fsp3) is 0.444. The van der Waals surface area contributed by atoms with Crippen molar-refractivity contribution in [1.82, 2.24) is 25.9 Å². The van der Waals surface area contributed by atoms with Crippen molar-refractivity contribution in [2.75, 3.05) is 25.9 Å². The van der Waals surface area contributed by atoms with Crippen molar-refractivity contribution in [1.29, 1.82) is 0 Å². The summed E-state index contributed by atoms with van der Waals surface area (Å²) in [6.45, 7) is 2.13. The first-order chi connectivity index (χ1) is 7.74. The summed E-state index contributed by atoms with van der Waals surface area (Å²) in [5.74, 6) is 0.466.